The van der Waals surface area contributed by atoms with Crippen LogP contribution in [0.15, 0.2) is 18.2 Å². The number of fused-ring (bicyclic) bond motifs is 2. The summed E-state index contributed by atoms with van der Waals surface area (Å²) in [5.74, 6) is 1.69. The summed E-state index contributed by atoms with van der Waals surface area (Å²) in [6.45, 7) is 0. The lowest BCUT2D eigenvalue weighted by molar-refractivity contribution is 0.172. The molecule has 0 radical (unpaired) electrons. The normalized spacial score (nSPS) is 29.5. The van der Waals surface area contributed by atoms with Gasteiger partial charge in [-0.05, 0) is 43.7 Å². The predicted molar refractivity (Wildman–Crippen MR) is 81.5 cm³/mol. The van der Waals surface area contributed by atoms with Gasteiger partial charge in [-0.1, -0.05) is 12.8 Å². The zero-order valence-electron chi connectivity index (χ0n) is 12.5. The molecular weight excluding hydrogens is 265 g/mol. The average Bonchev–Trinajstić information content (AvgIpc) is 2.83. The first-order valence-electron chi connectivity index (χ1n) is 8.10. The maximum absolute atomic E-state index is 13.4. The SMILES string of the molecule is Cn1c(C2CCC3CCCCC3N2)nc2cc(F)ccc21. The Hall–Kier alpha value is -1.42. The van der Waals surface area contributed by atoms with Crippen LogP contribution in [0.4, 0.5) is 4.39 Å². The van der Waals surface area contributed by atoms with E-state index in [2.05, 4.69) is 9.88 Å². The number of hydrogen-bond donors (Lipinski definition) is 1. The van der Waals surface area contributed by atoms with E-state index in [1.165, 1.54) is 44.2 Å². The van der Waals surface area contributed by atoms with Crippen molar-refractivity contribution in [3.8, 4) is 0 Å². The van der Waals surface area contributed by atoms with Gasteiger partial charge in [0.15, 0.2) is 0 Å². The highest BCUT2D eigenvalue weighted by atomic mass is 19.1. The Bertz CT molecular complexity index is 663. The van der Waals surface area contributed by atoms with Crippen LogP contribution in [0.3, 0.4) is 0 Å². The number of halogens is 1. The van der Waals surface area contributed by atoms with Crippen molar-refractivity contribution in [1.82, 2.24) is 14.9 Å². The minimum atomic E-state index is -0.212. The van der Waals surface area contributed by atoms with Gasteiger partial charge in [0, 0.05) is 19.2 Å². The first-order chi connectivity index (χ1) is 10.2. The molecule has 0 spiro atoms. The topological polar surface area (TPSA) is 29.9 Å². The first-order valence-corrected chi connectivity index (χ1v) is 8.10. The second-order valence-electron chi connectivity index (χ2n) is 6.61. The Labute approximate surface area is 124 Å². The third-order valence-corrected chi connectivity index (χ3v) is 5.34. The first kappa shape index (κ1) is 13.3. The predicted octanol–water partition coefficient (Wildman–Crippen LogP) is 3.70. The van der Waals surface area contributed by atoms with Gasteiger partial charge in [-0.3, -0.25) is 0 Å². The monoisotopic (exact) mass is 287 g/mol. The fraction of sp³-hybridized carbons (Fsp3) is 0.588. The van der Waals surface area contributed by atoms with Gasteiger partial charge in [0.05, 0.1) is 17.1 Å². The number of nitrogens with one attached hydrogen (secondary N) is 1. The fourth-order valence-corrected chi connectivity index (χ4v) is 4.20. The van der Waals surface area contributed by atoms with E-state index in [0.29, 0.717) is 12.1 Å². The van der Waals surface area contributed by atoms with Crippen molar-refractivity contribution in [2.45, 2.75) is 50.6 Å². The van der Waals surface area contributed by atoms with E-state index in [1.807, 2.05) is 13.1 Å². The molecule has 2 heterocycles. The number of aromatic nitrogens is 2. The van der Waals surface area contributed by atoms with E-state index < -0.39 is 0 Å². The van der Waals surface area contributed by atoms with Gasteiger partial charge in [0.25, 0.3) is 0 Å². The third-order valence-electron chi connectivity index (χ3n) is 5.34. The van der Waals surface area contributed by atoms with Crippen molar-refractivity contribution >= 4 is 11.0 Å². The van der Waals surface area contributed by atoms with Crippen molar-refractivity contribution in [2.75, 3.05) is 0 Å². The maximum atomic E-state index is 13.4. The van der Waals surface area contributed by atoms with Gasteiger partial charge < -0.3 is 9.88 Å². The quantitative estimate of drug-likeness (QED) is 0.867. The van der Waals surface area contributed by atoms with E-state index in [9.17, 15) is 4.39 Å². The van der Waals surface area contributed by atoms with Crippen LogP contribution >= 0.6 is 0 Å². The number of aryl methyl sites for hydroxylation is 1. The van der Waals surface area contributed by atoms with Crippen molar-refractivity contribution in [3.63, 3.8) is 0 Å². The van der Waals surface area contributed by atoms with Crippen LogP contribution in [-0.2, 0) is 7.05 Å². The molecule has 4 heteroatoms. The minimum Gasteiger partial charge on any atom is -0.330 e. The molecule has 2 aliphatic rings. The molecular formula is C17H22FN3. The highest BCUT2D eigenvalue weighted by Gasteiger charge is 2.33. The zero-order valence-corrected chi connectivity index (χ0v) is 12.5. The number of hydrogen-bond acceptors (Lipinski definition) is 2. The maximum Gasteiger partial charge on any atom is 0.126 e. The lowest BCUT2D eigenvalue weighted by Gasteiger charge is -2.40. The Balaban J connectivity index is 1.65. The largest absolute Gasteiger partial charge is 0.330 e. The summed E-state index contributed by atoms with van der Waals surface area (Å²) in [5, 5.41) is 3.81. The highest BCUT2D eigenvalue weighted by Crippen LogP contribution is 2.37. The van der Waals surface area contributed by atoms with Crippen LogP contribution in [0.2, 0.25) is 0 Å². The summed E-state index contributed by atoms with van der Waals surface area (Å²) in [6.07, 6.45) is 7.83. The molecule has 1 saturated carbocycles. The second-order valence-corrected chi connectivity index (χ2v) is 6.61. The van der Waals surface area contributed by atoms with E-state index in [-0.39, 0.29) is 5.82 Å². The molecule has 1 aliphatic carbocycles. The highest BCUT2D eigenvalue weighted by molar-refractivity contribution is 5.76. The number of imidazole rings is 1. The Morgan fingerprint density at radius 2 is 2.05 bits per heavy atom. The van der Waals surface area contributed by atoms with Gasteiger partial charge in [-0.25, -0.2) is 9.37 Å². The number of nitrogens with zero attached hydrogens (tertiary/aromatic N) is 2. The van der Waals surface area contributed by atoms with Gasteiger partial charge in [0.2, 0.25) is 0 Å². The Kier molecular flexibility index (Phi) is 3.21. The molecule has 21 heavy (non-hydrogen) atoms. The fourth-order valence-electron chi connectivity index (χ4n) is 4.20. The van der Waals surface area contributed by atoms with Gasteiger partial charge in [0.1, 0.15) is 11.6 Å². The summed E-state index contributed by atoms with van der Waals surface area (Å²) in [7, 11) is 2.04. The Morgan fingerprint density at radius 3 is 2.95 bits per heavy atom. The van der Waals surface area contributed by atoms with Crippen LogP contribution in [0.25, 0.3) is 11.0 Å². The number of piperidine rings is 1. The summed E-state index contributed by atoms with van der Waals surface area (Å²) in [4.78, 5) is 4.69. The van der Waals surface area contributed by atoms with E-state index >= 15 is 0 Å². The lowest BCUT2D eigenvalue weighted by atomic mass is 9.77. The van der Waals surface area contributed by atoms with Crippen molar-refractivity contribution < 1.29 is 4.39 Å². The summed E-state index contributed by atoms with van der Waals surface area (Å²) in [5.41, 5.74) is 1.78. The van der Waals surface area contributed by atoms with Crippen LogP contribution in [0.1, 0.15) is 50.4 Å². The second kappa shape index (κ2) is 5.09. The molecule has 4 rings (SSSR count). The van der Waals surface area contributed by atoms with Gasteiger partial charge in [-0.15, -0.1) is 0 Å². The molecule has 0 amide bonds. The molecule has 1 aliphatic heterocycles. The van der Waals surface area contributed by atoms with E-state index in [0.717, 1.165) is 29.2 Å². The molecule has 2 aromatic rings. The molecule has 1 aromatic carbocycles. The summed E-state index contributed by atoms with van der Waals surface area (Å²) >= 11 is 0. The average molecular weight is 287 g/mol. The molecule has 0 bridgehead atoms. The number of benzene rings is 1. The van der Waals surface area contributed by atoms with Crippen LogP contribution in [0.5, 0.6) is 0 Å². The molecule has 3 nitrogen and oxygen atoms in total. The zero-order chi connectivity index (χ0) is 14.4. The smallest absolute Gasteiger partial charge is 0.126 e. The van der Waals surface area contributed by atoms with Crippen molar-refractivity contribution in [2.24, 2.45) is 13.0 Å². The molecule has 112 valence electrons. The molecule has 1 N–H and O–H groups in total. The number of rotatable bonds is 1. The minimum absolute atomic E-state index is 0.212. The van der Waals surface area contributed by atoms with Crippen LogP contribution in [0, 0.1) is 11.7 Å². The molecule has 1 aromatic heterocycles. The molecule has 2 fully saturated rings. The van der Waals surface area contributed by atoms with Gasteiger partial charge >= 0.3 is 0 Å². The molecule has 3 unspecified atom stereocenters. The van der Waals surface area contributed by atoms with Crippen LogP contribution < -0.4 is 5.32 Å². The summed E-state index contributed by atoms with van der Waals surface area (Å²) < 4.78 is 15.5. The van der Waals surface area contributed by atoms with Crippen molar-refractivity contribution in [1.29, 1.82) is 0 Å². The Morgan fingerprint density at radius 1 is 1.19 bits per heavy atom. The van der Waals surface area contributed by atoms with E-state index in [1.54, 1.807) is 0 Å². The summed E-state index contributed by atoms with van der Waals surface area (Å²) in [6, 6.07) is 5.83. The third kappa shape index (κ3) is 2.26. The van der Waals surface area contributed by atoms with Gasteiger partial charge in [-0.2, -0.15) is 0 Å². The van der Waals surface area contributed by atoms with Crippen molar-refractivity contribution in [3.05, 3.63) is 29.8 Å². The standard InChI is InChI=1S/C17H22FN3/c1-21-16-9-7-12(18)10-15(16)20-17(21)14-8-6-11-4-2-3-5-13(11)19-14/h7,9-11,13-14,19H,2-6,8H2,1H3. The van der Waals surface area contributed by atoms with E-state index in [4.69, 9.17) is 4.98 Å². The molecule has 3 atom stereocenters. The molecule has 1 saturated heterocycles. The van der Waals surface area contributed by atoms with Crippen LogP contribution in [-0.4, -0.2) is 15.6 Å². The lowest BCUT2D eigenvalue weighted by Crippen LogP contribution is -2.45.